The van der Waals surface area contributed by atoms with Crippen molar-refractivity contribution in [3.8, 4) is 5.75 Å². The molecule has 3 rings (SSSR count). The molecule has 1 aliphatic heterocycles. The van der Waals surface area contributed by atoms with Gasteiger partial charge in [0.15, 0.2) is 0 Å². The van der Waals surface area contributed by atoms with E-state index in [0.29, 0.717) is 12.1 Å². The van der Waals surface area contributed by atoms with Gasteiger partial charge in [0.25, 0.3) is 5.91 Å². The minimum atomic E-state index is 0.0153. The fourth-order valence-corrected chi connectivity index (χ4v) is 3.12. The number of methoxy groups -OCH3 is 1. The van der Waals surface area contributed by atoms with E-state index in [1.165, 1.54) is 0 Å². The fourth-order valence-electron chi connectivity index (χ4n) is 3.12. The number of carbonyl (C=O) groups excluding carboxylic acids is 1. The van der Waals surface area contributed by atoms with Crippen LogP contribution in [0.2, 0.25) is 0 Å². The Morgan fingerprint density at radius 1 is 1.38 bits per heavy atom. The standard InChI is InChI=1S/C18H24N4O2/c1-4-21-12-16(13(2)20-21)18(23)22-10-9-19-11-17(22)14-5-7-15(24-3)8-6-14/h5-8,12,17,19H,4,9-11H2,1-3H3. The van der Waals surface area contributed by atoms with Crippen LogP contribution in [0.15, 0.2) is 30.5 Å². The number of hydrogen-bond donors (Lipinski definition) is 1. The van der Waals surface area contributed by atoms with E-state index in [-0.39, 0.29) is 11.9 Å². The summed E-state index contributed by atoms with van der Waals surface area (Å²) in [6.45, 7) is 6.91. The normalized spacial score (nSPS) is 17.8. The lowest BCUT2D eigenvalue weighted by molar-refractivity contribution is 0.0633. The van der Waals surface area contributed by atoms with Crippen LogP contribution >= 0.6 is 0 Å². The lowest BCUT2D eigenvalue weighted by atomic mass is 10.0. The summed E-state index contributed by atoms with van der Waals surface area (Å²) in [7, 11) is 1.65. The first-order chi connectivity index (χ1) is 11.6. The number of aryl methyl sites for hydroxylation is 2. The first-order valence-corrected chi connectivity index (χ1v) is 8.33. The Bertz CT molecular complexity index is 708. The summed E-state index contributed by atoms with van der Waals surface area (Å²) >= 11 is 0. The van der Waals surface area contributed by atoms with E-state index in [1.54, 1.807) is 7.11 Å². The molecule has 1 amide bonds. The Balaban J connectivity index is 1.88. The summed E-state index contributed by atoms with van der Waals surface area (Å²) in [5, 5.41) is 7.79. The van der Waals surface area contributed by atoms with Crippen LogP contribution in [-0.2, 0) is 6.54 Å². The zero-order valence-corrected chi connectivity index (χ0v) is 14.5. The van der Waals surface area contributed by atoms with Crippen LogP contribution in [0.3, 0.4) is 0 Å². The summed E-state index contributed by atoms with van der Waals surface area (Å²) in [4.78, 5) is 15.0. The predicted octanol–water partition coefficient (Wildman–Crippen LogP) is 2.01. The molecule has 1 aromatic heterocycles. The quantitative estimate of drug-likeness (QED) is 0.933. The number of piperazine rings is 1. The molecule has 1 saturated heterocycles. The van der Waals surface area contributed by atoms with Crippen molar-refractivity contribution in [1.29, 1.82) is 0 Å². The van der Waals surface area contributed by atoms with Crippen molar-refractivity contribution in [2.45, 2.75) is 26.4 Å². The largest absolute Gasteiger partial charge is 0.497 e. The fraction of sp³-hybridized carbons (Fsp3) is 0.444. The van der Waals surface area contributed by atoms with Gasteiger partial charge in [0.05, 0.1) is 24.4 Å². The van der Waals surface area contributed by atoms with Gasteiger partial charge in [-0.25, -0.2) is 0 Å². The van der Waals surface area contributed by atoms with Crippen LogP contribution in [0.4, 0.5) is 0 Å². The highest BCUT2D eigenvalue weighted by Crippen LogP contribution is 2.26. The average Bonchev–Trinajstić information content (AvgIpc) is 3.02. The molecular formula is C18H24N4O2. The molecule has 1 N–H and O–H groups in total. The van der Waals surface area contributed by atoms with Gasteiger partial charge in [-0.2, -0.15) is 5.10 Å². The second-order valence-electron chi connectivity index (χ2n) is 5.98. The molecule has 6 nitrogen and oxygen atoms in total. The van der Waals surface area contributed by atoms with Crippen LogP contribution in [-0.4, -0.2) is 47.3 Å². The van der Waals surface area contributed by atoms with Crippen molar-refractivity contribution in [2.75, 3.05) is 26.7 Å². The van der Waals surface area contributed by atoms with E-state index in [0.717, 1.165) is 36.6 Å². The van der Waals surface area contributed by atoms with Crippen molar-refractivity contribution < 1.29 is 9.53 Å². The van der Waals surface area contributed by atoms with Crippen LogP contribution in [0, 0.1) is 6.92 Å². The van der Waals surface area contributed by atoms with Crippen molar-refractivity contribution >= 4 is 5.91 Å². The van der Waals surface area contributed by atoms with Crippen molar-refractivity contribution in [2.24, 2.45) is 0 Å². The molecule has 0 spiro atoms. The third kappa shape index (κ3) is 3.14. The Morgan fingerprint density at radius 2 is 2.12 bits per heavy atom. The van der Waals surface area contributed by atoms with Gasteiger partial charge < -0.3 is 15.0 Å². The third-order valence-corrected chi connectivity index (χ3v) is 4.51. The summed E-state index contributed by atoms with van der Waals surface area (Å²) < 4.78 is 7.04. The molecule has 24 heavy (non-hydrogen) atoms. The van der Waals surface area contributed by atoms with Crippen LogP contribution in [0.25, 0.3) is 0 Å². The first kappa shape index (κ1) is 16.5. The van der Waals surface area contributed by atoms with Crippen molar-refractivity contribution in [1.82, 2.24) is 20.0 Å². The van der Waals surface area contributed by atoms with E-state index in [4.69, 9.17) is 4.74 Å². The Hall–Kier alpha value is -2.34. The molecule has 128 valence electrons. The van der Waals surface area contributed by atoms with Gasteiger partial charge in [0.1, 0.15) is 5.75 Å². The van der Waals surface area contributed by atoms with Gasteiger partial charge >= 0.3 is 0 Å². The monoisotopic (exact) mass is 328 g/mol. The molecule has 1 aliphatic rings. The lowest BCUT2D eigenvalue weighted by Crippen LogP contribution is -2.48. The Kier molecular flexibility index (Phi) is 4.85. The number of carbonyl (C=O) groups is 1. The van der Waals surface area contributed by atoms with E-state index >= 15 is 0 Å². The second-order valence-corrected chi connectivity index (χ2v) is 5.98. The lowest BCUT2D eigenvalue weighted by Gasteiger charge is -2.36. The van der Waals surface area contributed by atoms with Crippen molar-refractivity contribution in [3.63, 3.8) is 0 Å². The van der Waals surface area contributed by atoms with E-state index < -0.39 is 0 Å². The number of hydrogen-bond acceptors (Lipinski definition) is 4. The zero-order valence-electron chi connectivity index (χ0n) is 14.5. The van der Waals surface area contributed by atoms with E-state index in [2.05, 4.69) is 10.4 Å². The van der Waals surface area contributed by atoms with Crippen LogP contribution in [0.1, 0.15) is 34.6 Å². The Labute approximate surface area is 142 Å². The molecule has 0 radical (unpaired) electrons. The smallest absolute Gasteiger partial charge is 0.257 e. The number of nitrogens with zero attached hydrogens (tertiary/aromatic N) is 3. The molecule has 0 aliphatic carbocycles. The second kappa shape index (κ2) is 7.05. The number of amides is 1. The van der Waals surface area contributed by atoms with Crippen molar-refractivity contribution in [3.05, 3.63) is 47.3 Å². The number of rotatable bonds is 4. The molecule has 0 bridgehead atoms. The SMILES string of the molecule is CCn1cc(C(=O)N2CCNCC2c2ccc(OC)cc2)c(C)n1. The molecule has 2 aromatic rings. The van der Waals surface area contributed by atoms with Gasteiger partial charge in [-0.1, -0.05) is 12.1 Å². The van der Waals surface area contributed by atoms with Gasteiger partial charge in [-0.05, 0) is 31.5 Å². The third-order valence-electron chi connectivity index (χ3n) is 4.51. The van der Waals surface area contributed by atoms with Gasteiger partial charge in [0, 0.05) is 32.4 Å². The maximum atomic E-state index is 13.1. The van der Waals surface area contributed by atoms with E-state index in [1.807, 2.05) is 53.9 Å². The predicted molar refractivity (Wildman–Crippen MR) is 92.3 cm³/mol. The number of aromatic nitrogens is 2. The van der Waals surface area contributed by atoms with Gasteiger partial charge in [-0.15, -0.1) is 0 Å². The molecule has 1 fully saturated rings. The van der Waals surface area contributed by atoms with E-state index in [9.17, 15) is 4.79 Å². The molecule has 2 heterocycles. The molecular weight excluding hydrogens is 304 g/mol. The topological polar surface area (TPSA) is 59.4 Å². The molecule has 1 aromatic carbocycles. The molecule has 6 heteroatoms. The minimum Gasteiger partial charge on any atom is -0.497 e. The summed E-state index contributed by atoms with van der Waals surface area (Å²) in [5.41, 5.74) is 2.59. The van der Waals surface area contributed by atoms with Crippen LogP contribution < -0.4 is 10.1 Å². The van der Waals surface area contributed by atoms with Crippen LogP contribution in [0.5, 0.6) is 5.75 Å². The minimum absolute atomic E-state index is 0.0153. The van der Waals surface area contributed by atoms with Gasteiger partial charge in [-0.3, -0.25) is 9.48 Å². The number of nitrogens with one attached hydrogen (secondary N) is 1. The first-order valence-electron chi connectivity index (χ1n) is 8.33. The summed E-state index contributed by atoms with van der Waals surface area (Å²) in [6.07, 6.45) is 1.85. The summed E-state index contributed by atoms with van der Waals surface area (Å²) in [5.74, 6) is 0.870. The number of benzene rings is 1. The van der Waals surface area contributed by atoms with Gasteiger partial charge in [0.2, 0.25) is 0 Å². The Morgan fingerprint density at radius 3 is 2.75 bits per heavy atom. The zero-order chi connectivity index (χ0) is 17.1. The average molecular weight is 328 g/mol. The molecule has 0 saturated carbocycles. The maximum absolute atomic E-state index is 13.1. The molecule has 1 unspecified atom stereocenters. The summed E-state index contributed by atoms with van der Waals surface area (Å²) in [6, 6.07) is 7.94. The highest BCUT2D eigenvalue weighted by Gasteiger charge is 2.30. The highest BCUT2D eigenvalue weighted by atomic mass is 16.5. The number of ether oxygens (including phenoxy) is 1. The maximum Gasteiger partial charge on any atom is 0.257 e. The molecule has 1 atom stereocenters. The highest BCUT2D eigenvalue weighted by molar-refractivity contribution is 5.95.